The van der Waals surface area contributed by atoms with Crippen molar-refractivity contribution in [1.82, 2.24) is 25.0 Å². The molecule has 2 heterocycles. The van der Waals surface area contributed by atoms with Crippen LogP contribution in [0.25, 0.3) is 22.2 Å². The van der Waals surface area contributed by atoms with E-state index in [1.165, 1.54) is 7.11 Å². The van der Waals surface area contributed by atoms with Gasteiger partial charge in [-0.05, 0) is 49.1 Å². The third kappa shape index (κ3) is 7.06. The fourth-order valence-corrected chi connectivity index (χ4v) is 4.95. The molecule has 0 aliphatic rings. The largest absolute Gasteiger partial charge is 0.497 e. The van der Waals surface area contributed by atoms with Gasteiger partial charge in [0.2, 0.25) is 5.91 Å². The van der Waals surface area contributed by atoms with Crippen LogP contribution in [-0.2, 0) is 33.8 Å². The number of carbonyl (C=O) groups is 2. The average molecular weight is 548 g/mol. The molecule has 212 valence electrons. The Kier molecular flexibility index (Phi) is 9.91. The van der Waals surface area contributed by atoms with Gasteiger partial charge in [-0.15, -0.1) is 5.10 Å². The maximum atomic E-state index is 12.1. The van der Waals surface area contributed by atoms with E-state index in [4.69, 9.17) is 14.7 Å². The SMILES string of the molecule is COC(=O)Cc1c(C)n(Cc2ccc(-c3cn(CCCCCCCC(=O)NO)nn3)cc2)c2ccc(OC)cc12. The number of unbranched alkanes of at least 4 members (excludes halogenated alkanes) is 4. The van der Waals surface area contributed by atoms with E-state index in [2.05, 4.69) is 39.1 Å². The third-order valence-electron chi connectivity index (χ3n) is 7.25. The Morgan fingerprint density at radius 1 is 1.00 bits per heavy atom. The summed E-state index contributed by atoms with van der Waals surface area (Å²) >= 11 is 0. The van der Waals surface area contributed by atoms with E-state index in [1.54, 1.807) is 12.6 Å². The summed E-state index contributed by atoms with van der Waals surface area (Å²) in [5.74, 6) is 0.146. The second-order valence-corrected chi connectivity index (χ2v) is 9.90. The molecule has 0 bridgehead atoms. The average Bonchev–Trinajstić information content (AvgIpc) is 3.55. The third-order valence-corrected chi connectivity index (χ3v) is 7.25. The van der Waals surface area contributed by atoms with Crippen molar-refractivity contribution in [2.45, 2.75) is 65.0 Å². The number of nitrogens with zero attached hydrogens (tertiary/aromatic N) is 4. The molecular weight excluding hydrogens is 510 g/mol. The molecule has 2 N–H and O–H groups in total. The number of ether oxygens (including phenoxy) is 2. The number of benzene rings is 2. The Morgan fingerprint density at radius 3 is 2.48 bits per heavy atom. The van der Waals surface area contributed by atoms with E-state index < -0.39 is 0 Å². The van der Waals surface area contributed by atoms with Gasteiger partial charge in [-0.3, -0.25) is 19.5 Å². The first-order chi connectivity index (χ1) is 19.4. The van der Waals surface area contributed by atoms with Gasteiger partial charge in [0.15, 0.2) is 0 Å². The van der Waals surface area contributed by atoms with Crippen LogP contribution < -0.4 is 10.2 Å². The van der Waals surface area contributed by atoms with Gasteiger partial charge in [0, 0.05) is 41.7 Å². The lowest BCUT2D eigenvalue weighted by atomic mass is 10.1. The van der Waals surface area contributed by atoms with Crippen LogP contribution >= 0.6 is 0 Å². The normalized spacial score (nSPS) is 11.1. The van der Waals surface area contributed by atoms with Crippen molar-refractivity contribution in [3.8, 4) is 17.0 Å². The number of fused-ring (bicyclic) bond motifs is 1. The number of aromatic nitrogens is 4. The Morgan fingerprint density at radius 2 is 1.75 bits per heavy atom. The predicted molar refractivity (Wildman–Crippen MR) is 151 cm³/mol. The van der Waals surface area contributed by atoms with Gasteiger partial charge in [-0.25, -0.2) is 5.48 Å². The van der Waals surface area contributed by atoms with E-state index in [0.717, 1.165) is 83.4 Å². The highest BCUT2D eigenvalue weighted by molar-refractivity contribution is 5.90. The minimum atomic E-state index is -0.331. The number of rotatable bonds is 14. The van der Waals surface area contributed by atoms with Crippen LogP contribution in [0.5, 0.6) is 5.75 Å². The summed E-state index contributed by atoms with van der Waals surface area (Å²) in [6.45, 7) is 3.49. The number of carbonyl (C=O) groups excluding carboxylic acids is 2. The topological polar surface area (TPSA) is 120 Å². The van der Waals surface area contributed by atoms with Gasteiger partial charge in [0.1, 0.15) is 11.4 Å². The maximum Gasteiger partial charge on any atom is 0.310 e. The first-order valence-electron chi connectivity index (χ1n) is 13.6. The summed E-state index contributed by atoms with van der Waals surface area (Å²) in [4.78, 5) is 23.2. The first kappa shape index (κ1) is 28.8. The highest BCUT2D eigenvalue weighted by Crippen LogP contribution is 2.31. The van der Waals surface area contributed by atoms with Crippen LogP contribution in [0.3, 0.4) is 0 Å². The van der Waals surface area contributed by atoms with Crippen LogP contribution in [0.4, 0.5) is 0 Å². The molecule has 0 saturated carbocycles. The standard InChI is InChI=1S/C30H37N5O5/c1-21-25(18-30(37)40-3)26-17-24(39-2)14-15-28(26)35(21)19-22-10-12-23(13-11-22)27-20-34(33-31-27)16-8-6-4-5-7-9-29(36)32-38/h10-15,17,20,38H,4-9,16,18-19H2,1-3H3,(H,32,36). The molecule has 10 heteroatoms. The van der Waals surface area contributed by atoms with Crippen molar-refractivity contribution < 1.29 is 24.3 Å². The quantitative estimate of drug-likeness (QED) is 0.100. The second-order valence-electron chi connectivity index (χ2n) is 9.90. The molecule has 0 aliphatic heterocycles. The van der Waals surface area contributed by atoms with Crippen LogP contribution in [0.1, 0.15) is 55.3 Å². The molecule has 40 heavy (non-hydrogen) atoms. The zero-order valence-corrected chi connectivity index (χ0v) is 23.4. The number of hydrogen-bond acceptors (Lipinski definition) is 7. The molecule has 4 rings (SSSR count). The van der Waals surface area contributed by atoms with Crippen molar-refractivity contribution in [3.63, 3.8) is 0 Å². The Balaban J connectivity index is 1.38. The molecule has 0 atom stereocenters. The summed E-state index contributed by atoms with van der Waals surface area (Å²) < 4.78 is 14.5. The summed E-state index contributed by atoms with van der Waals surface area (Å²) in [7, 11) is 3.04. The molecular formula is C30H37N5O5. The molecule has 0 unspecified atom stereocenters. The van der Waals surface area contributed by atoms with Crippen molar-refractivity contribution in [2.75, 3.05) is 14.2 Å². The van der Waals surface area contributed by atoms with E-state index in [0.29, 0.717) is 13.0 Å². The number of esters is 1. The molecule has 0 spiro atoms. The molecule has 0 radical (unpaired) electrons. The lowest BCUT2D eigenvalue weighted by Gasteiger charge is -2.10. The van der Waals surface area contributed by atoms with E-state index >= 15 is 0 Å². The molecule has 0 saturated heterocycles. The monoisotopic (exact) mass is 547 g/mol. The summed E-state index contributed by atoms with van der Waals surface area (Å²) in [5.41, 5.74) is 7.64. The van der Waals surface area contributed by atoms with Crippen LogP contribution in [-0.4, -0.2) is 50.9 Å². The highest BCUT2D eigenvalue weighted by Gasteiger charge is 2.18. The van der Waals surface area contributed by atoms with Gasteiger partial charge in [-0.1, -0.05) is 48.7 Å². The molecule has 0 fully saturated rings. The Labute approximate surface area is 233 Å². The zero-order valence-electron chi connectivity index (χ0n) is 23.4. The summed E-state index contributed by atoms with van der Waals surface area (Å²) in [6, 6.07) is 14.3. The maximum absolute atomic E-state index is 12.1. The smallest absolute Gasteiger partial charge is 0.310 e. The van der Waals surface area contributed by atoms with Gasteiger partial charge in [0.05, 0.1) is 26.8 Å². The zero-order chi connectivity index (χ0) is 28.5. The van der Waals surface area contributed by atoms with Gasteiger partial charge >= 0.3 is 5.97 Å². The lowest BCUT2D eigenvalue weighted by Crippen LogP contribution is -2.17. The number of amides is 1. The van der Waals surface area contributed by atoms with Crippen LogP contribution in [0.2, 0.25) is 0 Å². The Bertz CT molecular complexity index is 1440. The first-order valence-corrected chi connectivity index (χ1v) is 13.6. The number of aryl methyl sites for hydroxylation is 1. The van der Waals surface area contributed by atoms with E-state index in [1.807, 2.05) is 36.0 Å². The van der Waals surface area contributed by atoms with Crippen molar-refractivity contribution in [2.24, 2.45) is 0 Å². The van der Waals surface area contributed by atoms with Crippen molar-refractivity contribution in [1.29, 1.82) is 0 Å². The predicted octanol–water partition coefficient (Wildman–Crippen LogP) is 4.83. The van der Waals surface area contributed by atoms with Crippen LogP contribution in [0, 0.1) is 6.92 Å². The molecule has 2 aromatic heterocycles. The fraction of sp³-hybridized carbons (Fsp3) is 0.400. The van der Waals surface area contributed by atoms with E-state index in [9.17, 15) is 9.59 Å². The lowest BCUT2D eigenvalue weighted by molar-refractivity contribution is -0.139. The summed E-state index contributed by atoms with van der Waals surface area (Å²) in [5, 5.41) is 18.1. The minimum absolute atomic E-state index is 0.205. The fourth-order valence-electron chi connectivity index (χ4n) is 4.95. The van der Waals surface area contributed by atoms with Gasteiger partial charge < -0.3 is 14.0 Å². The molecule has 10 nitrogen and oxygen atoms in total. The minimum Gasteiger partial charge on any atom is -0.497 e. The van der Waals surface area contributed by atoms with E-state index in [-0.39, 0.29) is 18.3 Å². The summed E-state index contributed by atoms with van der Waals surface area (Å²) in [6.07, 6.45) is 7.34. The molecule has 1 amide bonds. The van der Waals surface area contributed by atoms with Crippen molar-refractivity contribution in [3.05, 3.63) is 65.5 Å². The molecule has 0 aliphatic carbocycles. The number of hydroxylamine groups is 1. The molecule has 4 aromatic rings. The number of hydrogen-bond donors (Lipinski definition) is 2. The molecule has 2 aromatic carbocycles. The van der Waals surface area contributed by atoms with Gasteiger partial charge in [-0.2, -0.15) is 0 Å². The van der Waals surface area contributed by atoms with Crippen LogP contribution in [0.15, 0.2) is 48.7 Å². The van der Waals surface area contributed by atoms with Crippen molar-refractivity contribution >= 4 is 22.8 Å². The van der Waals surface area contributed by atoms with Gasteiger partial charge in [0.25, 0.3) is 0 Å². The number of methoxy groups -OCH3 is 2. The number of nitrogens with one attached hydrogen (secondary N) is 1. The highest BCUT2D eigenvalue weighted by atomic mass is 16.5. The Hall–Kier alpha value is -4.18. The second kappa shape index (κ2) is 13.7.